The zero-order chi connectivity index (χ0) is 14.8. The summed E-state index contributed by atoms with van der Waals surface area (Å²) in [5, 5.41) is 8.91. The summed E-state index contributed by atoms with van der Waals surface area (Å²) in [5.74, 6) is -1.92. The molecule has 2 fully saturated rings. The van der Waals surface area contributed by atoms with E-state index in [2.05, 4.69) is 0 Å². The first-order valence-corrected chi connectivity index (χ1v) is 8.13. The maximum absolute atomic E-state index is 12.3. The number of hydrogen-bond donors (Lipinski definition) is 1. The van der Waals surface area contributed by atoms with Gasteiger partial charge >= 0.3 is 5.97 Å². The molecule has 2 heterocycles. The minimum absolute atomic E-state index is 0.0247. The Balaban J connectivity index is 2.10. The molecule has 0 radical (unpaired) electrons. The third kappa shape index (κ3) is 3.68. The van der Waals surface area contributed by atoms with Crippen LogP contribution in [0.25, 0.3) is 0 Å². The van der Waals surface area contributed by atoms with Gasteiger partial charge in [-0.2, -0.15) is 0 Å². The molecule has 0 aromatic heterocycles. The number of sulfone groups is 1. The number of carbonyl (C=O) groups excluding carboxylic acids is 1. The highest BCUT2D eigenvalue weighted by Gasteiger charge is 2.38. The predicted octanol–water partition coefficient (Wildman–Crippen LogP) is -1.50. The lowest BCUT2D eigenvalue weighted by Gasteiger charge is -2.31. The molecule has 2 atom stereocenters. The molecule has 9 heteroatoms. The van der Waals surface area contributed by atoms with Crippen molar-refractivity contribution in [1.82, 2.24) is 4.90 Å². The fourth-order valence-corrected chi connectivity index (χ4v) is 4.10. The van der Waals surface area contributed by atoms with E-state index in [4.69, 9.17) is 14.6 Å². The first-order chi connectivity index (χ1) is 9.39. The summed E-state index contributed by atoms with van der Waals surface area (Å²) in [6.07, 6.45) is -0.596. The molecule has 2 unspecified atom stereocenters. The molecule has 0 saturated carbocycles. The Hall–Kier alpha value is -1.19. The summed E-state index contributed by atoms with van der Waals surface area (Å²) < 4.78 is 33.4. The number of carboxylic acid groups (broad SMARTS) is 1. The van der Waals surface area contributed by atoms with Crippen LogP contribution in [0.2, 0.25) is 0 Å². The average Bonchev–Trinajstić information content (AvgIpc) is 2.76. The largest absolute Gasteiger partial charge is 0.480 e. The quantitative estimate of drug-likeness (QED) is 0.673. The summed E-state index contributed by atoms with van der Waals surface area (Å²) in [7, 11) is -3.20. The van der Waals surface area contributed by atoms with Crippen molar-refractivity contribution in [3.63, 3.8) is 0 Å². The van der Waals surface area contributed by atoms with Gasteiger partial charge in [0.05, 0.1) is 31.3 Å². The topological polar surface area (TPSA) is 110 Å². The Bertz CT molecular complexity index is 483. The molecule has 2 rings (SSSR count). The van der Waals surface area contributed by atoms with Crippen LogP contribution in [-0.4, -0.2) is 80.3 Å². The summed E-state index contributed by atoms with van der Waals surface area (Å²) in [6, 6.07) is -0.603. The van der Waals surface area contributed by atoms with Crippen LogP contribution in [0.5, 0.6) is 0 Å². The SMILES string of the molecule is O=C(O)CN(C(=O)C1COCCO1)C1CCS(=O)(=O)C1. The number of rotatable bonds is 4. The fourth-order valence-electron chi connectivity index (χ4n) is 2.37. The van der Waals surface area contributed by atoms with Crippen LogP contribution in [0.4, 0.5) is 0 Å². The zero-order valence-electron chi connectivity index (χ0n) is 10.9. The van der Waals surface area contributed by atoms with Gasteiger partial charge in [-0.3, -0.25) is 9.59 Å². The lowest BCUT2D eigenvalue weighted by molar-refractivity contribution is -0.163. The monoisotopic (exact) mass is 307 g/mol. The van der Waals surface area contributed by atoms with Crippen molar-refractivity contribution in [3.05, 3.63) is 0 Å². The van der Waals surface area contributed by atoms with E-state index < -0.39 is 40.4 Å². The van der Waals surface area contributed by atoms with Crippen molar-refractivity contribution in [3.8, 4) is 0 Å². The van der Waals surface area contributed by atoms with E-state index in [9.17, 15) is 18.0 Å². The number of nitrogens with zero attached hydrogens (tertiary/aromatic N) is 1. The Morgan fingerprint density at radius 3 is 2.55 bits per heavy atom. The van der Waals surface area contributed by atoms with Crippen molar-refractivity contribution < 1.29 is 32.6 Å². The Morgan fingerprint density at radius 2 is 2.05 bits per heavy atom. The number of carbonyl (C=O) groups is 2. The van der Waals surface area contributed by atoms with Gasteiger partial charge in [0.2, 0.25) is 0 Å². The molecule has 0 spiro atoms. The summed E-state index contributed by atoms with van der Waals surface area (Å²) >= 11 is 0. The first kappa shape index (κ1) is 15.2. The molecule has 20 heavy (non-hydrogen) atoms. The fraction of sp³-hybridized carbons (Fsp3) is 0.818. The smallest absolute Gasteiger partial charge is 0.323 e. The summed E-state index contributed by atoms with van der Waals surface area (Å²) in [6.45, 7) is 0.189. The molecule has 0 bridgehead atoms. The van der Waals surface area contributed by atoms with Gasteiger partial charge in [-0.05, 0) is 6.42 Å². The second kappa shape index (κ2) is 6.06. The van der Waals surface area contributed by atoms with Gasteiger partial charge in [-0.25, -0.2) is 8.42 Å². The first-order valence-electron chi connectivity index (χ1n) is 6.31. The number of carboxylic acids is 1. The maximum atomic E-state index is 12.3. The minimum Gasteiger partial charge on any atom is -0.480 e. The number of hydrogen-bond acceptors (Lipinski definition) is 6. The molecule has 0 aliphatic carbocycles. The highest BCUT2D eigenvalue weighted by Crippen LogP contribution is 2.19. The standard InChI is InChI=1S/C11H17NO7S/c13-10(14)5-12(8-1-4-20(16,17)7-8)11(15)9-6-18-2-3-19-9/h8-9H,1-7H2,(H,13,14). The van der Waals surface area contributed by atoms with E-state index in [0.717, 1.165) is 4.90 Å². The van der Waals surface area contributed by atoms with Crippen LogP contribution in [-0.2, 0) is 28.9 Å². The van der Waals surface area contributed by atoms with Gasteiger partial charge in [-0.1, -0.05) is 0 Å². The van der Waals surface area contributed by atoms with E-state index in [0.29, 0.717) is 6.61 Å². The predicted molar refractivity (Wildman–Crippen MR) is 67.0 cm³/mol. The summed E-state index contributed by atoms with van der Waals surface area (Å²) in [4.78, 5) is 24.3. The second-order valence-corrected chi connectivity index (χ2v) is 7.08. The minimum atomic E-state index is -3.20. The molecule has 2 saturated heterocycles. The van der Waals surface area contributed by atoms with Crippen LogP contribution in [0, 0.1) is 0 Å². The van der Waals surface area contributed by atoms with Crippen molar-refractivity contribution in [2.45, 2.75) is 18.6 Å². The molecular formula is C11H17NO7S. The molecule has 1 amide bonds. The summed E-state index contributed by atoms with van der Waals surface area (Å²) in [5.41, 5.74) is 0. The van der Waals surface area contributed by atoms with E-state index >= 15 is 0 Å². The van der Waals surface area contributed by atoms with Crippen LogP contribution in [0.15, 0.2) is 0 Å². The van der Waals surface area contributed by atoms with E-state index in [1.165, 1.54) is 0 Å². The Morgan fingerprint density at radius 1 is 1.30 bits per heavy atom. The number of aliphatic carboxylic acids is 1. The van der Waals surface area contributed by atoms with E-state index in [1.807, 2.05) is 0 Å². The molecular weight excluding hydrogens is 290 g/mol. The van der Waals surface area contributed by atoms with Gasteiger partial charge in [0.25, 0.3) is 5.91 Å². The molecule has 114 valence electrons. The van der Waals surface area contributed by atoms with Gasteiger partial charge in [-0.15, -0.1) is 0 Å². The van der Waals surface area contributed by atoms with E-state index in [1.54, 1.807) is 0 Å². The maximum Gasteiger partial charge on any atom is 0.323 e. The molecule has 2 aliphatic heterocycles. The molecule has 1 N–H and O–H groups in total. The lowest BCUT2D eigenvalue weighted by Crippen LogP contribution is -2.51. The third-order valence-corrected chi connectivity index (χ3v) is 5.08. The van der Waals surface area contributed by atoms with Crippen molar-refractivity contribution >= 4 is 21.7 Å². The van der Waals surface area contributed by atoms with Gasteiger partial charge in [0, 0.05) is 6.04 Å². The molecule has 2 aliphatic rings. The van der Waals surface area contributed by atoms with Crippen LogP contribution in [0.3, 0.4) is 0 Å². The number of ether oxygens (including phenoxy) is 2. The van der Waals surface area contributed by atoms with Gasteiger partial charge < -0.3 is 19.5 Å². The highest BCUT2D eigenvalue weighted by atomic mass is 32.2. The van der Waals surface area contributed by atoms with Gasteiger partial charge in [0.1, 0.15) is 6.54 Å². The molecule has 0 aromatic rings. The van der Waals surface area contributed by atoms with Crippen molar-refractivity contribution in [1.29, 1.82) is 0 Å². The zero-order valence-corrected chi connectivity index (χ0v) is 11.7. The number of amides is 1. The van der Waals surface area contributed by atoms with E-state index in [-0.39, 0.29) is 31.1 Å². The van der Waals surface area contributed by atoms with Crippen LogP contribution < -0.4 is 0 Å². The van der Waals surface area contributed by atoms with Crippen molar-refractivity contribution in [2.75, 3.05) is 37.9 Å². The Kier molecular flexibility index (Phi) is 4.61. The molecule has 8 nitrogen and oxygen atoms in total. The van der Waals surface area contributed by atoms with Crippen LogP contribution in [0.1, 0.15) is 6.42 Å². The second-order valence-electron chi connectivity index (χ2n) is 4.85. The third-order valence-electron chi connectivity index (χ3n) is 3.33. The average molecular weight is 307 g/mol. The normalized spacial score (nSPS) is 29.0. The molecule has 0 aromatic carbocycles. The Labute approximate surface area is 116 Å². The van der Waals surface area contributed by atoms with Crippen molar-refractivity contribution in [2.24, 2.45) is 0 Å². The van der Waals surface area contributed by atoms with Crippen LogP contribution >= 0.6 is 0 Å². The highest BCUT2D eigenvalue weighted by molar-refractivity contribution is 7.91. The van der Waals surface area contributed by atoms with Gasteiger partial charge in [0.15, 0.2) is 15.9 Å². The lowest BCUT2D eigenvalue weighted by atomic mass is 10.2.